The summed E-state index contributed by atoms with van der Waals surface area (Å²) in [7, 11) is 0. The van der Waals surface area contributed by atoms with Crippen molar-refractivity contribution in [3.05, 3.63) is 53.1 Å². The summed E-state index contributed by atoms with van der Waals surface area (Å²) in [6.07, 6.45) is 5.15. The van der Waals surface area contributed by atoms with Crippen LogP contribution >= 0.6 is 0 Å². The van der Waals surface area contributed by atoms with Gasteiger partial charge < -0.3 is 9.67 Å². The van der Waals surface area contributed by atoms with Crippen molar-refractivity contribution in [2.45, 2.75) is 38.6 Å². The van der Waals surface area contributed by atoms with E-state index in [4.69, 9.17) is 0 Å². The second-order valence-electron chi connectivity index (χ2n) is 5.41. The van der Waals surface area contributed by atoms with E-state index in [-0.39, 0.29) is 0 Å². The molecule has 0 fully saturated rings. The van der Waals surface area contributed by atoms with Gasteiger partial charge in [0.2, 0.25) is 0 Å². The Morgan fingerprint density at radius 3 is 3.00 bits per heavy atom. The van der Waals surface area contributed by atoms with E-state index in [0.717, 1.165) is 30.8 Å². The molecule has 0 radical (unpaired) electrons. The van der Waals surface area contributed by atoms with Crippen molar-refractivity contribution < 1.29 is 9.90 Å². The minimum atomic E-state index is -0.759. The Morgan fingerprint density at radius 1 is 1.45 bits per heavy atom. The van der Waals surface area contributed by atoms with Crippen molar-refractivity contribution in [1.82, 2.24) is 9.55 Å². The summed E-state index contributed by atoms with van der Waals surface area (Å²) < 4.78 is 1.85. The smallest absolute Gasteiger partial charge is 0.326 e. The van der Waals surface area contributed by atoms with Gasteiger partial charge in [0, 0.05) is 19.0 Å². The lowest BCUT2D eigenvalue weighted by Crippen LogP contribution is -2.24. The van der Waals surface area contributed by atoms with Gasteiger partial charge in [-0.2, -0.15) is 0 Å². The molecule has 2 aromatic rings. The number of rotatable bonds is 3. The first-order valence-corrected chi connectivity index (χ1v) is 6.99. The van der Waals surface area contributed by atoms with Crippen molar-refractivity contribution in [1.29, 1.82) is 0 Å². The molecule has 4 heteroatoms. The van der Waals surface area contributed by atoms with Gasteiger partial charge in [0.1, 0.15) is 11.9 Å². The largest absolute Gasteiger partial charge is 0.480 e. The standard InChI is InChI=1S/C16H18N2O2/c1-11-5-2-3-6-12(11)9-13-10-18-14(16(19)20)7-4-8-15(18)17-13/h2-3,5-6,10,14H,4,7-9H2,1H3,(H,19,20). The van der Waals surface area contributed by atoms with Gasteiger partial charge in [-0.25, -0.2) is 9.78 Å². The molecule has 1 N–H and O–H groups in total. The molecule has 3 rings (SSSR count). The number of imidazole rings is 1. The van der Waals surface area contributed by atoms with E-state index in [9.17, 15) is 9.90 Å². The topological polar surface area (TPSA) is 55.1 Å². The number of benzene rings is 1. The van der Waals surface area contributed by atoms with E-state index in [2.05, 4.69) is 24.0 Å². The number of hydrogen-bond acceptors (Lipinski definition) is 2. The van der Waals surface area contributed by atoms with Gasteiger partial charge in [-0.1, -0.05) is 24.3 Å². The third kappa shape index (κ3) is 2.33. The number of fused-ring (bicyclic) bond motifs is 1. The maximum atomic E-state index is 11.3. The second-order valence-corrected chi connectivity index (χ2v) is 5.41. The van der Waals surface area contributed by atoms with E-state index in [0.29, 0.717) is 6.42 Å². The molecular formula is C16H18N2O2. The molecule has 2 heterocycles. The quantitative estimate of drug-likeness (QED) is 0.933. The lowest BCUT2D eigenvalue weighted by atomic mass is 10.0. The van der Waals surface area contributed by atoms with E-state index in [1.807, 2.05) is 22.9 Å². The van der Waals surface area contributed by atoms with Crippen LogP contribution in [0.5, 0.6) is 0 Å². The molecule has 0 saturated carbocycles. The monoisotopic (exact) mass is 270 g/mol. The maximum absolute atomic E-state index is 11.3. The van der Waals surface area contributed by atoms with E-state index in [1.54, 1.807) is 0 Å². The van der Waals surface area contributed by atoms with E-state index in [1.165, 1.54) is 11.1 Å². The van der Waals surface area contributed by atoms with Gasteiger partial charge >= 0.3 is 5.97 Å². The summed E-state index contributed by atoms with van der Waals surface area (Å²) in [5, 5.41) is 9.28. The second kappa shape index (κ2) is 5.12. The van der Waals surface area contributed by atoms with Crippen molar-refractivity contribution in [2.24, 2.45) is 0 Å². The van der Waals surface area contributed by atoms with Crippen LogP contribution in [0.2, 0.25) is 0 Å². The molecule has 0 aliphatic carbocycles. The highest BCUT2D eigenvalue weighted by Gasteiger charge is 2.26. The fraction of sp³-hybridized carbons (Fsp3) is 0.375. The molecule has 1 aliphatic heterocycles. The van der Waals surface area contributed by atoms with Crippen molar-refractivity contribution in [2.75, 3.05) is 0 Å². The van der Waals surface area contributed by atoms with Crippen LogP contribution in [0.1, 0.15) is 41.5 Å². The van der Waals surface area contributed by atoms with Crippen LogP contribution < -0.4 is 0 Å². The summed E-state index contributed by atoms with van der Waals surface area (Å²) in [5.41, 5.74) is 3.45. The summed E-state index contributed by atoms with van der Waals surface area (Å²) in [4.78, 5) is 15.9. The average Bonchev–Trinajstić information content (AvgIpc) is 2.83. The van der Waals surface area contributed by atoms with Gasteiger partial charge in [0.15, 0.2) is 0 Å². The Bertz CT molecular complexity index is 646. The molecule has 1 aromatic heterocycles. The summed E-state index contributed by atoms with van der Waals surface area (Å²) in [5.74, 6) is 0.151. The zero-order valence-electron chi connectivity index (χ0n) is 11.5. The third-order valence-corrected chi connectivity index (χ3v) is 3.99. The first-order chi connectivity index (χ1) is 9.65. The first-order valence-electron chi connectivity index (χ1n) is 6.99. The highest BCUT2D eigenvalue weighted by Crippen LogP contribution is 2.26. The zero-order valence-corrected chi connectivity index (χ0v) is 11.5. The van der Waals surface area contributed by atoms with Crippen LogP contribution in [-0.2, 0) is 17.6 Å². The number of carboxylic acids is 1. The Morgan fingerprint density at radius 2 is 2.25 bits per heavy atom. The van der Waals surface area contributed by atoms with Gasteiger partial charge in [0.25, 0.3) is 0 Å². The predicted octanol–water partition coefficient (Wildman–Crippen LogP) is 2.74. The molecule has 0 bridgehead atoms. The summed E-state index contributed by atoms with van der Waals surface area (Å²) in [6.45, 7) is 2.09. The predicted molar refractivity (Wildman–Crippen MR) is 75.8 cm³/mol. The molecule has 0 spiro atoms. The fourth-order valence-electron chi connectivity index (χ4n) is 2.87. The molecule has 4 nitrogen and oxygen atoms in total. The molecule has 104 valence electrons. The third-order valence-electron chi connectivity index (χ3n) is 3.99. The van der Waals surface area contributed by atoms with Crippen LogP contribution in [0.15, 0.2) is 30.5 Å². The van der Waals surface area contributed by atoms with Gasteiger partial charge in [0.05, 0.1) is 5.69 Å². The molecule has 1 aliphatic rings. The van der Waals surface area contributed by atoms with Gasteiger partial charge in [-0.3, -0.25) is 0 Å². The van der Waals surface area contributed by atoms with Crippen LogP contribution in [-0.4, -0.2) is 20.6 Å². The number of aryl methyl sites for hydroxylation is 2. The SMILES string of the molecule is Cc1ccccc1Cc1cn2c(n1)CCCC2C(=O)O. The van der Waals surface area contributed by atoms with E-state index >= 15 is 0 Å². The van der Waals surface area contributed by atoms with Crippen LogP contribution in [0.25, 0.3) is 0 Å². The lowest BCUT2D eigenvalue weighted by Gasteiger charge is -2.20. The molecule has 0 saturated heterocycles. The summed E-state index contributed by atoms with van der Waals surface area (Å²) >= 11 is 0. The average molecular weight is 270 g/mol. The maximum Gasteiger partial charge on any atom is 0.326 e. The molecule has 0 amide bonds. The van der Waals surface area contributed by atoms with Gasteiger partial charge in [-0.15, -0.1) is 0 Å². The van der Waals surface area contributed by atoms with Crippen molar-refractivity contribution >= 4 is 5.97 Å². The summed E-state index contributed by atoms with van der Waals surface area (Å²) in [6, 6.07) is 7.79. The highest BCUT2D eigenvalue weighted by atomic mass is 16.4. The lowest BCUT2D eigenvalue weighted by molar-refractivity contribution is -0.141. The highest BCUT2D eigenvalue weighted by molar-refractivity contribution is 5.72. The van der Waals surface area contributed by atoms with Crippen LogP contribution in [0.3, 0.4) is 0 Å². The number of aromatic nitrogens is 2. The van der Waals surface area contributed by atoms with Crippen molar-refractivity contribution in [3.8, 4) is 0 Å². The number of carbonyl (C=O) groups is 1. The Labute approximate surface area is 118 Å². The Kier molecular flexibility index (Phi) is 3.30. The molecular weight excluding hydrogens is 252 g/mol. The van der Waals surface area contributed by atoms with E-state index < -0.39 is 12.0 Å². The van der Waals surface area contributed by atoms with Crippen LogP contribution in [0.4, 0.5) is 0 Å². The Balaban J connectivity index is 1.90. The first kappa shape index (κ1) is 12.9. The normalized spacial score (nSPS) is 17.8. The number of hydrogen-bond donors (Lipinski definition) is 1. The number of nitrogens with zero attached hydrogens (tertiary/aromatic N) is 2. The number of carboxylic acid groups (broad SMARTS) is 1. The van der Waals surface area contributed by atoms with Gasteiger partial charge in [-0.05, 0) is 30.9 Å². The molecule has 1 atom stereocenters. The van der Waals surface area contributed by atoms with Crippen molar-refractivity contribution in [3.63, 3.8) is 0 Å². The minimum Gasteiger partial charge on any atom is -0.480 e. The number of aliphatic carboxylic acids is 1. The van der Waals surface area contributed by atoms with Crippen LogP contribution in [0, 0.1) is 6.92 Å². The minimum absolute atomic E-state index is 0.447. The Hall–Kier alpha value is -2.10. The zero-order chi connectivity index (χ0) is 14.1. The molecule has 1 aromatic carbocycles. The fourth-order valence-corrected chi connectivity index (χ4v) is 2.87. The molecule has 1 unspecified atom stereocenters. The molecule has 20 heavy (non-hydrogen) atoms.